The summed E-state index contributed by atoms with van der Waals surface area (Å²) < 4.78 is 0. The van der Waals surface area contributed by atoms with Crippen LogP contribution in [0.3, 0.4) is 0 Å². The number of carbonyl (C=O) groups excluding carboxylic acids is 1. The first-order chi connectivity index (χ1) is 4.57. The van der Waals surface area contributed by atoms with Gasteiger partial charge in [-0.15, -0.1) is 0 Å². The first-order valence-corrected chi connectivity index (χ1v) is 3.51. The lowest BCUT2D eigenvalue weighted by molar-refractivity contribution is -0.119. The number of ketones is 1. The third kappa shape index (κ3) is 3.58. The summed E-state index contributed by atoms with van der Waals surface area (Å²) in [5, 5.41) is 9.14. The predicted molar refractivity (Wildman–Crippen MR) is 39.6 cm³/mol. The van der Waals surface area contributed by atoms with Crippen LogP contribution in [0, 0.1) is 0 Å². The number of carbonyl (C=O) groups is 1. The van der Waals surface area contributed by atoms with E-state index >= 15 is 0 Å². The van der Waals surface area contributed by atoms with Crippen LogP contribution in [0.15, 0.2) is 0 Å². The first kappa shape index (κ1) is 9.59. The van der Waals surface area contributed by atoms with Crippen LogP contribution in [-0.4, -0.2) is 23.0 Å². The number of hydrogen-bond acceptors (Lipinski definition) is 3. The molecule has 0 aliphatic carbocycles. The van der Waals surface area contributed by atoms with Gasteiger partial charge >= 0.3 is 0 Å². The molecule has 0 aliphatic heterocycles. The zero-order valence-corrected chi connectivity index (χ0v) is 6.50. The molecule has 3 nitrogen and oxygen atoms in total. The molecule has 0 aromatic carbocycles. The fraction of sp³-hybridized carbons (Fsp3) is 0.857. The maximum Gasteiger partial charge on any atom is 0.132 e. The molecule has 0 saturated carbocycles. The van der Waals surface area contributed by atoms with Crippen molar-refractivity contribution in [2.45, 2.75) is 38.8 Å². The standard InChI is InChI=1S/C7H15NO2/c1-3-6(8)7(10)4-5(2)9/h6-7,10H,3-4,8H2,1-2H3. The van der Waals surface area contributed by atoms with Crippen molar-refractivity contribution in [1.29, 1.82) is 0 Å². The lowest BCUT2D eigenvalue weighted by Crippen LogP contribution is -2.35. The topological polar surface area (TPSA) is 63.3 Å². The van der Waals surface area contributed by atoms with E-state index in [4.69, 9.17) is 10.8 Å². The molecule has 0 aromatic rings. The summed E-state index contributed by atoms with van der Waals surface area (Å²) in [6.07, 6.45) is 0.214. The molecule has 0 radical (unpaired) electrons. The van der Waals surface area contributed by atoms with Gasteiger partial charge in [-0.2, -0.15) is 0 Å². The van der Waals surface area contributed by atoms with E-state index in [-0.39, 0.29) is 18.2 Å². The number of nitrogens with two attached hydrogens (primary N) is 1. The average Bonchev–Trinajstić information content (AvgIpc) is 1.85. The second kappa shape index (κ2) is 4.41. The number of aliphatic hydroxyl groups is 1. The van der Waals surface area contributed by atoms with Gasteiger partial charge in [0, 0.05) is 12.5 Å². The highest BCUT2D eigenvalue weighted by molar-refractivity contribution is 5.76. The Morgan fingerprint density at radius 2 is 2.20 bits per heavy atom. The van der Waals surface area contributed by atoms with Crippen LogP contribution in [0.5, 0.6) is 0 Å². The van der Waals surface area contributed by atoms with Crippen LogP contribution < -0.4 is 5.73 Å². The fourth-order valence-corrected chi connectivity index (χ4v) is 0.718. The maximum absolute atomic E-state index is 10.5. The Balaban J connectivity index is 3.61. The van der Waals surface area contributed by atoms with Gasteiger partial charge in [-0.3, -0.25) is 4.79 Å². The van der Waals surface area contributed by atoms with E-state index in [0.29, 0.717) is 6.42 Å². The van der Waals surface area contributed by atoms with E-state index in [1.807, 2.05) is 6.92 Å². The Hall–Kier alpha value is -0.410. The molecule has 3 N–H and O–H groups in total. The molecular formula is C7H15NO2. The van der Waals surface area contributed by atoms with Crippen LogP contribution in [0.1, 0.15) is 26.7 Å². The van der Waals surface area contributed by atoms with Gasteiger partial charge < -0.3 is 10.8 Å². The Morgan fingerprint density at radius 3 is 2.50 bits per heavy atom. The zero-order chi connectivity index (χ0) is 8.15. The summed E-state index contributed by atoms with van der Waals surface area (Å²) in [6.45, 7) is 3.33. The van der Waals surface area contributed by atoms with E-state index in [2.05, 4.69) is 0 Å². The Labute approximate surface area is 61.2 Å². The molecule has 0 heterocycles. The molecule has 0 aromatic heterocycles. The van der Waals surface area contributed by atoms with Gasteiger partial charge in [-0.05, 0) is 13.3 Å². The molecule has 0 saturated heterocycles. The highest BCUT2D eigenvalue weighted by atomic mass is 16.3. The molecule has 0 spiro atoms. The summed E-state index contributed by atoms with van der Waals surface area (Å²) in [6, 6.07) is -0.260. The molecule has 10 heavy (non-hydrogen) atoms. The van der Waals surface area contributed by atoms with Crippen LogP contribution in [-0.2, 0) is 4.79 Å². The van der Waals surface area contributed by atoms with Crippen molar-refractivity contribution >= 4 is 5.78 Å². The summed E-state index contributed by atoms with van der Waals surface area (Å²) in [7, 11) is 0. The van der Waals surface area contributed by atoms with Crippen LogP contribution in [0.2, 0.25) is 0 Å². The third-order valence-electron chi connectivity index (χ3n) is 1.46. The van der Waals surface area contributed by atoms with E-state index in [1.54, 1.807) is 0 Å². The highest BCUT2D eigenvalue weighted by Crippen LogP contribution is 2.00. The normalized spacial score (nSPS) is 16.4. The molecule has 2 atom stereocenters. The summed E-state index contributed by atoms with van der Waals surface area (Å²) in [5.74, 6) is -0.0172. The Bertz CT molecular complexity index is 114. The molecule has 0 fully saturated rings. The van der Waals surface area contributed by atoms with Gasteiger partial charge in [0.1, 0.15) is 5.78 Å². The van der Waals surface area contributed by atoms with Crippen LogP contribution in [0.25, 0.3) is 0 Å². The van der Waals surface area contributed by atoms with Crippen LogP contribution in [0.4, 0.5) is 0 Å². The second-order valence-corrected chi connectivity index (χ2v) is 2.55. The van der Waals surface area contributed by atoms with Gasteiger partial charge in [0.15, 0.2) is 0 Å². The lowest BCUT2D eigenvalue weighted by atomic mass is 10.1. The minimum absolute atomic E-state index is 0.0172. The average molecular weight is 145 g/mol. The van der Waals surface area contributed by atoms with Crippen molar-refractivity contribution < 1.29 is 9.90 Å². The van der Waals surface area contributed by atoms with Crippen molar-refractivity contribution in [3.05, 3.63) is 0 Å². The number of rotatable bonds is 4. The maximum atomic E-state index is 10.5. The van der Waals surface area contributed by atoms with E-state index in [0.717, 1.165) is 0 Å². The van der Waals surface area contributed by atoms with Gasteiger partial charge in [-0.25, -0.2) is 0 Å². The third-order valence-corrected chi connectivity index (χ3v) is 1.46. The molecule has 0 aliphatic rings. The Morgan fingerprint density at radius 1 is 1.70 bits per heavy atom. The molecule has 0 amide bonds. The van der Waals surface area contributed by atoms with Crippen molar-refractivity contribution in [2.75, 3.05) is 0 Å². The summed E-state index contributed by atoms with van der Waals surface area (Å²) >= 11 is 0. The SMILES string of the molecule is CCC(N)C(O)CC(C)=O. The minimum atomic E-state index is -0.664. The molecule has 2 unspecified atom stereocenters. The monoisotopic (exact) mass is 145 g/mol. The molecule has 0 bridgehead atoms. The van der Waals surface area contributed by atoms with Crippen molar-refractivity contribution in [3.8, 4) is 0 Å². The predicted octanol–water partition coefficient (Wildman–Crippen LogP) is 0.0637. The fourth-order valence-electron chi connectivity index (χ4n) is 0.718. The largest absolute Gasteiger partial charge is 0.391 e. The van der Waals surface area contributed by atoms with E-state index in [9.17, 15) is 4.79 Å². The lowest BCUT2D eigenvalue weighted by Gasteiger charge is -2.14. The van der Waals surface area contributed by atoms with Gasteiger partial charge in [0.05, 0.1) is 6.10 Å². The smallest absolute Gasteiger partial charge is 0.132 e. The van der Waals surface area contributed by atoms with E-state index < -0.39 is 6.10 Å². The molecular weight excluding hydrogens is 130 g/mol. The van der Waals surface area contributed by atoms with Crippen LogP contribution >= 0.6 is 0 Å². The second-order valence-electron chi connectivity index (χ2n) is 2.55. The number of Topliss-reactive ketones (excluding diaryl/α,β-unsaturated/α-hetero) is 1. The van der Waals surface area contributed by atoms with Crippen molar-refractivity contribution in [3.63, 3.8) is 0 Å². The Kier molecular flexibility index (Phi) is 4.23. The summed E-state index contributed by atoms with van der Waals surface area (Å²) in [4.78, 5) is 10.5. The molecule has 3 heteroatoms. The summed E-state index contributed by atoms with van der Waals surface area (Å²) in [5.41, 5.74) is 5.46. The zero-order valence-electron chi connectivity index (χ0n) is 6.50. The number of hydrogen-bond donors (Lipinski definition) is 2. The van der Waals surface area contributed by atoms with Crippen molar-refractivity contribution in [2.24, 2.45) is 5.73 Å². The highest BCUT2D eigenvalue weighted by Gasteiger charge is 2.13. The number of aliphatic hydroxyl groups excluding tert-OH is 1. The quantitative estimate of drug-likeness (QED) is 0.588. The van der Waals surface area contributed by atoms with E-state index in [1.165, 1.54) is 6.92 Å². The van der Waals surface area contributed by atoms with Gasteiger partial charge in [0.25, 0.3) is 0 Å². The van der Waals surface area contributed by atoms with Crippen molar-refractivity contribution in [1.82, 2.24) is 0 Å². The molecule has 0 rings (SSSR count). The first-order valence-electron chi connectivity index (χ1n) is 3.51. The van der Waals surface area contributed by atoms with Gasteiger partial charge in [0.2, 0.25) is 0 Å². The van der Waals surface area contributed by atoms with Gasteiger partial charge in [-0.1, -0.05) is 6.92 Å². The minimum Gasteiger partial charge on any atom is -0.391 e. The molecule has 60 valence electrons.